The highest BCUT2D eigenvalue weighted by Crippen LogP contribution is 2.32. The summed E-state index contributed by atoms with van der Waals surface area (Å²) in [4.78, 5) is 0. The standard InChI is InChI=1S/C11H13ClN4/c1-6-7(2)11-14-13-9(5-8-3-4-8)16(11)15-10(6)12/h8H,3-5H2,1-2H3. The predicted molar refractivity (Wildman–Crippen MR) is 61.7 cm³/mol. The maximum Gasteiger partial charge on any atom is 0.181 e. The number of hydrogen-bond acceptors (Lipinski definition) is 3. The Hall–Kier alpha value is -1.16. The summed E-state index contributed by atoms with van der Waals surface area (Å²) < 4.78 is 1.79. The Kier molecular flexibility index (Phi) is 2.14. The SMILES string of the molecule is Cc1c(Cl)nn2c(CC3CC3)nnc2c1C. The molecule has 2 heterocycles. The van der Waals surface area contributed by atoms with Gasteiger partial charge in [0.15, 0.2) is 16.6 Å². The van der Waals surface area contributed by atoms with E-state index in [-0.39, 0.29) is 0 Å². The van der Waals surface area contributed by atoms with E-state index in [4.69, 9.17) is 11.6 Å². The van der Waals surface area contributed by atoms with Crippen molar-refractivity contribution in [1.29, 1.82) is 0 Å². The predicted octanol–water partition coefficient (Wildman–Crippen LogP) is 2.35. The Labute approximate surface area is 98.6 Å². The van der Waals surface area contributed by atoms with Gasteiger partial charge < -0.3 is 0 Å². The van der Waals surface area contributed by atoms with Crippen molar-refractivity contribution in [1.82, 2.24) is 19.8 Å². The van der Waals surface area contributed by atoms with Crippen molar-refractivity contribution in [2.45, 2.75) is 33.1 Å². The molecule has 0 unspecified atom stereocenters. The van der Waals surface area contributed by atoms with E-state index in [0.29, 0.717) is 5.15 Å². The molecule has 0 bridgehead atoms. The van der Waals surface area contributed by atoms with Crippen LogP contribution < -0.4 is 0 Å². The fourth-order valence-electron chi connectivity index (χ4n) is 1.84. The second-order valence-electron chi connectivity index (χ2n) is 4.54. The number of nitrogens with zero attached hydrogens (tertiary/aromatic N) is 4. The molecule has 4 nitrogen and oxygen atoms in total. The van der Waals surface area contributed by atoms with E-state index in [1.165, 1.54) is 12.8 Å². The van der Waals surface area contributed by atoms with E-state index in [9.17, 15) is 0 Å². The van der Waals surface area contributed by atoms with Gasteiger partial charge in [-0.1, -0.05) is 11.6 Å². The summed E-state index contributed by atoms with van der Waals surface area (Å²) in [5.41, 5.74) is 2.88. The first kappa shape index (κ1) is 10.0. The first-order valence-corrected chi connectivity index (χ1v) is 5.91. The van der Waals surface area contributed by atoms with Crippen molar-refractivity contribution in [2.75, 3.05) is 0 Å². The van der Waals surface area contributed by atoms with Gasteiger partial charge in [-0.15, -0.1) is 10.2 Å². The van der Waals surface area contributed by atoms with Crippen molar-refractivity contribution >= 4 is 17.2 Å². The Morgan fingerprint density at radius 1 is 1.25 bits per heavy atom. The molecular weight excluding hydrogens is 224 g/mol. The molecule has 84 valence electrons. The van der Waals surface area contributed by atoms with E-state index in [0.717, 1.165) is 34.9 Å². The van der Waals surface area contributed by atoms with Gasteiger partial charge in [0.25, 0.3) is 0 Å². The summed E-state index contributed by atoms with van der Waals surface area (Å²) >= 11 is 6.09. The molecule has 5 heteroatoms. The molecule has 3 rings (SSSR count). The normalized spacial score (nSPS) is 15.9. The smallest absolute Gasteiger partial charge is 0.181 e. The molecule has 1 saturated carbocycles. The van der Waals surface area contributed by atoms with Crippen molar-refractivity contribution < 1.29 is 0 Å². The largest absolute Gasteiger partial charge is 0.196 e. The zero-order valence-electron chi connectivity index (χ0n) is 9.37. The number of hydrogen-bond donors (Lipinski definition) is 0. The zero-order chi connectivity index (χ0) is 11.3. The number of fused-ring (bicyclic) bond motifs is 1. The number of rotatable bonds is 2. The highest BCUT2D eigenvalue weighted by Gasteiger charge is 2.25. The maximum absolute atomic E-state index is 6.09. The van der Waals surface area contributed by atoms with Gasteiger partial charge in [-0.2, -0.15) is 9.61 Å². The van der Waals surface area contributed by atoms with Gasteiger partial charge in [-0.25, -0.2) is 0 Å². The zero-order valence-corrected chi connectivity index (χ0v) is 10.1. The average Bonchev–Trinajstić information content (AvgIpc) is 2.98. The molecule has 0 saturated heterocycles. The molecule has 16 heavy (non-hydrogen) atoms. The van der Waals surface area contributed by atoms with Crippen LogP contribution in [0.1, 0.15) is 29.8 Å². The fourth-order valence-corrected chi connectivity index (χ4v) is 2.06. The third kappa shape index (κ3) is 1.48. The van der Waals surface area contributed by atoms with E-state index in [1.807, 2.05) is 13.8 Å². The second kappa shape index (κ2) is 3.42. The number of aromatic nitrogens is 4. The van der Waals surface area contributed by atoms with E-state index >= 15 is 0 Å². The topological polar surface area (TPSA) is 43.1 Å². The lowest BCUT2D eigenvalue weighted by atomic mass is 10.2. The summed E-state index contributed by atoms with van der Waals surface area (Å²) in [6.45, 7) is 3.97. The van der Waals surface area contributed by atoms with Crippen molar-refractivity contribution in [3.8, 4) is 0 Å². The van der Waals surface area contributed by atoms with Crippen LogP contribution in [0.4, 0.5) is 0 Å². The first-order valence-electron chi connectivity index (χ1n) is 5.54. The van der Waals surface area contributed by atoms with Crippen LogP contribution in [0.3, 0.4) is 0 Å². The summed E-state index contributed by atoms with van der Waals surface area (Å²) in [5, 5.41) is 13.3. The maximum atomic E-state index is 6.09. The Morgan fingerprint density at radius 2 is 2.00 bits per heavy atom. The fraction of sp³-hybridized carbons (Fsp3) is 0.545. The third-order valence-corrected chi connectivity index (χ3v) is 3.63. The van der Waals surface area contributed by atoms with Crippen LogP contribution in [0.2, 0.25) is 5.15 Å². The molecule has 0 aromatic carbocycles. The minimum Gasteiger partial charge on any atom is -0.196 e. The second-order valence-corrected chi connectivity index (χ2v) is 4.90. The molecule has 0 atom stereocenters. The minimum absolute atomic E-state index is 0.543. The molecule has 1 fully saturated rings. The van der Waals surface area contributed by atoms with E-state index < -0.39 is 0 Å². The quantitative estimate of drug-likeness (QED) is 0.804. The van der Waals surface area contributed by atoms with Crippen LogP contribution in [0, 0.1) is 19.8 Å². The summed E-state index contributed by atoms with van der Waals surface area (Å²) in [5.74, 6) is 1.71. The molecule has 1 aliphatic rings. The van der Waals surface area contributed by atoms with E-state index in [1.54, 1.807) is 4.52 Å². The van der Waals surface area contributed by atoms with Crippen LogP contribution in [-0.2, 0) is 6.42 Å². The Morgan fingerprint density at radius 3 is 2.69 bits per heavy atom. The van der Waals surface area contributed by atoms with Crippen LogP contribution in [0.5, 0.6) is 0 Å². The van der Waals surface area contributed by atoms with Gasteiger partial charge in [0.05, 0.1) is 0 Å². The summed E-state index contributed by atoms with van der Waals surface area (Å²) in [6, 6.07) is 0. The molecule has 0 radical (unpaired) electrons. The lowest BCUT2D eigenvalue weighted by molar-refractivity contribution is 0.724. The van der Waals surface area contributed by atoms with Crippen LogP contribution >= 0.6 is 11.6 Å². The van der Waals surface area contributed by atoms with Gasteiger partial charge in [0, 0.05) is 12.0 Å². The molecule has 1 aliphatic carbocycles. The highest BCUT2D eigenvalue weighted by molar-refractivity contribution is 6.30. The first-order chi connectivity index (χ1) is 7.66. The average molecular weight is 237 g/mol. The van der Waals surface area contributed by atoms with E-state index in [2.05, 4.69) is 15.3 Å². The summed E-state index contributed by atoms with van der Waals surface area (Å²) in [6.07, 6.45) is 3.56. The molecule has 2 aromatic rings. The van der Waals surface area contributed by atoms with Crippen molar-refractivity contribution in [2.24, 2.45) is 5.92 Å². The van der Waals surface area contributed by atoms with Crippen LogP contribution in [0.15, 0.2) is 0 Å². The number of halogens is 1. The minimum atomic E-state index is 0.543. The molecule has 0 amide bonds. The van der Waals surface area contributed by atoms with Gasteiger partial charge >= 0.3 is 0 Å². The molecule has 0 N–H and O–H groups in total. The lowest BCUT2D eigenvalue weighted by Crippen LogP contribution is -2.03. The van der Waals surface area contributed by atoms with Crippen molar-refractivity contribution in [3.05, 3.63) is 22.1 Å². The van der Waals surface area contributed by atoms with Gasteiger partial charge in [-0.05, 0) is 38.2 Å². The molecule has 0 aliphatic heterocycles. The molecule has 0 spiro atoms. The lowest BCUT2D eigenvalue weighted by Gasteiger charge is -2.04. The molecule has 2 aromatic heterocycles. The summed E-state index contributed by atoms with van der Waals surface area (Å²) in [7, 11) is 0. The Balaban J connectivity index is 2.17. The van der Waals surface area contributed by atoms with Gasteiger partial charge in [0.2, 0.25) is 0 Å². The highest BCUT2D eigenvalue weighted by atomic mass is 35.5. The monoisotopic (exact) mass is 236 g/mol. The third-order valence-electron chi connectivity index (χ3n) is 3.27. The molecular formula is C11H13ClN4. The number of aryl methyl sites for hydroxylation is 1. The Bertz CT molecular complexity index is 557. The van der Waals surface area contributed by atoms with Crippen molar-refractivity contribution in [3.63, 3.8) is 0 Å². The van der Waals surface area contributed by atoms with Crippen LogP contribution in [-0.4, -0.2) is 19.8 Å². The van der Waals surface area contributed by atoms with Crippen LogP contribution in [0.25, 0.3) is 5.65 Å². The van der Waals surface area contributed by atoms with Gasteiger partial charge in [0.1, 0.15) is 0 Å². The van der Waals surface area contributed by atoms with Gasteiger partial charge in [-0.3, -0.25) is 0 Å².